The lowest BCUT2D eigenvalue weighted by molar-refractivity contribution is -0.123. The van der Waals surface area contributed by atoms with E-state index in [2.05, 4.69) is 37.3 Å². The first-order valence-corrected chi connectivity index (χ1v) is 11.9. The van der Waals surface area contributed by atoms with Gasteiger partial charge in [-0.1, -0.05) is 65.2 Å². The van der Waals surface area contributed by atoms with Gasteiger partial charge in [-0.2, -0.15) is 0 Å². The summed E-state index contributed by atoms with van der Waals surface area (Å²) < 4.78 is 0. The number of hydrogen-bond acceptors (Lipinski definition) is 3. The Labute approximate surface area is 193 Å². The molecule has 3 aromatic rings. The first kappa shape index (κ1) is 20.8. The van der Waals surface area contributed by atoms with Crippen LogP contribution in [0.2, 0.25) is 0 Å². The molecule has 2 amide bonds. The van der Waals surface area contributed by atoms with Gasteiger partial charge in [0.15, 0.2) is 4.87 Å². The molecule has 2 aliphatic heterocycles. The van der Waals surface area contributed by atoms with Gasteiger partial charge in [-0.25, -0.2) is 0 Å². The zero-order valence-corrected chi connectivity index (χ0v) is 19.4. The normalized spacial score (nSPS) is 19.7. The van der Waals surface area contributed by atoms with Crippen LogP contribution in [0.5, 0.6) is 0 Å². The van der Waals surface area contributed by atoms with E-state index >= 15 is 0 Å². The van der Waals surface area contributed by atoms with Gasteiger partial charge in [0.05, 0.1) is 12.2 Å². The van der Waals surface area contributed by atoms with Crippen molar-refractivity contribution in [2.24, 2.45) is 0 Å². The Kier molecular flexibility index (Phi) is 5.09. The van der Waals surface area contributed by atoms with Gasteiger partial charge in [-0.15, -0.1) is 11.8 Å². The van der Waals surface area contributed by atoms with Gasteiger partial charge in [0.2, 0.25) is 0 Å². The minimum Gasteiger partial charge on any atom is -0.311 e. The Bertz CT molecular complexity index is 1200. The zero-order chi connectivity index (χ0) is 22.5. The number of benzene rings is 3. The van der Waals surface area contributed by atoms with Gasteiger partial charge < -0.3 is 9.80 Å². The quantitative estimate of drug-likeness (QED) is 0.560. The number of amides is 2. The van der Waals surface area contributed by atoms with Crippen molar-refractivity contribution in [3.63, 3.8) is 0 Å². The smallest absolute Gasteiger partial charge is 0.268 e. The molecule has 32 heavy (non-hydrogen) atoms. The Morgan fingerprint density at radius 3 is 2.22 bits per heavy atom. The van der Waals surface area contributed by atoms with E-state index in [9.17, 15) is 9.59 Å². The second kappa shape index (κ2) is 7.82. The van der Waals surface area contributed by atoms with E-state index in [0.29, 0.717) is 18.7 Å². The Morgan fingerprint density at radius 1 is 0.906 bits per heavy atom. The first-order valence-electron chi connectivity index (χ1n) is 10.9. The van der Waals surface area contributed by atoms with Crippen LogP contribution >= 0.6 is 11.8 Å². The van der Waals surface area contributed by atoms with Crippen molar-refractivity contribution in [1.82, 2.24) is 4.90 Å². The SMILES string of the molecule is Cc1ccc(CN2C(=O)[C@@]3(SCCN3C(=O)c3ccc(C)cc3)c3cc(C)ccc32)cc1. The minimum atomic E-state index is -1.01. The maximum absolute atomic E-state index is 14.1. The maximum Gasteiger partial charge on any atom is 0.268 e. The van der Waals surface area contributed by atoms with E-state index in [0.717, 1.165) is 33.7 Å². The number of anilines is 1. The van der Waals surface area contributed by atoms with Crippen LogP contribution in [0.15, 0.2) is 66.7 Å². The van der Waals surface area contributed by atoms with Crippen molar-refractivity contribution >= 4 is 29.3 Å². The van der Waals surface area contributed by atoms with Gasteiger partial charge in [-0.05, 0) is 44.5 Å². The molecule has 1 atom stereocenters. The van der Waals surface area contributed by atoms with Crippen LogP contribution in [-0.4, -0.2) is 29.0 Å². The van der Waals surface area contributed by atoms with Crippen molar-refractivity contribution < 1.29 is 9.59 Å². The molecule has 2 heterocycles. The van der Waals surface area contributed by atoms with E-state index in [1.165, 1.54) is 5.56 Å². The van der Waals surface area contributed by atoms with Crippen molar-refractivity contribution in [2.45, 2.75) is 32.2 Å². The predicted molar refractivity (Wildman–Crippen MR) is 130 cm³/mol. The number of aryl methyl sites for hydroxylation is 3. The fourth-order valence-corrected chi connectivity index (χ4v) is 6.07. The molecule has 0 unspecified atom stereocenters. The molecule has 5 heteroatoms. The number of rotatable bonds is 3. The number of fused-ring (bicyclic) bond motifs is 2. The Morgan fingerprint density at radius 2 is 1.53 bits per heavy atom. The van der Waals surface area contributed by atoms with Crippen molar-refractivity contribution in [2.75, 3.05) is 17.2 Å². The van der Waals surface area contributed by atoms with Crippen LogP contribution in [0.25, 0.3) is 0 Å². The zero-order valence-electron chi connectivity index (χ0n) is 18.6. The molecule has 0 saturated carbocycles. The lowest BCUT2D eigenvalue weighted by Crippen LogP contribution is -2.50. The molecule has 0 aromatic heterocycles. The molecule has 0 aliphatic carbocycles. The first-order chi connectivity index (χ1) is 15.4. The van der Waals surface area contributed by atoms with Crippen molar-refractivity contribution in [3.05, 3.63) is 100 Å². The van der Waals surface area contributed by atoms with Crippen LogP contribution < -0.4 is 4.90 Å². The average Bonchev–Trinajstić information content (AvgIpc) is 3.32. The summed E-state index contributed by atoms with van der Waals surface area (Å²) in [5, 5.41) is 0. The Balaban J connectivity index is 1.58. The van der Waals surface area contributed by atoms with Crippen LogP contribution in [-0.2, 0) is 16.2 Å². The molecule has 0 radical (unpaired) electrons. The summed E-state index contributed by atoms with van der Waals surface area (Å²) in [5.74, 6) is 0.615. The lowest BCUT2D eigenvalue weighted by atomic mass is 10.0. The lowest BCUT2D eigenvalue weighted by Gasteiger charge is -2.33. The van der Waals surface area contributed by atoms with E-state index in [1.807, 2.05) is 55.1 Å². The summed E-state index contributed by atoms with van der Waals surface area (Å²) in [5.41, 5.74) is 6.91. The molecule has 1 saturated heterocycles. The second-order valence-electron chi connectivity index (χ2n) is 8.71. The maximum atomic E-state index is 14.1. The summed E-state index contributed by atoms with van der Waals surface area (Å²) in [6, 6.07) is 22.0. The second-order valence-corrected chi connectivity index (χ2v) is 10.0. The summed E-state index contributed by atoms with van der Waals surface area (Å²) in [6.45, 7) is 7.14. The van der Waals surface area contributed by atoms with Gasteiger partial charge in [0.25, 0.3) is 11.8 Å². The number of carbonyl (C=O) groups excluding carboxylic acids is 2. The van der Waals surface area contributed by atoms with Crippen LogP contribution in [0.4, 0.5) is 5.69 Å². The molecule has 162 valence electrons. The average molecular weight is 443 g/mol. The topological polar surface area (TPSA) is 40.6 Å². The van der Waals surface area contributed by atoms with Gasteiger partial charge >= 0.3 is 0 Å². The highest BCUT2D eigenvalue weighted by Crippen LogP contribution is 2.55. The molecular formula is C27H26N2O2S. The van der Waals surface area contributed by atoms with E-state index in [-0.39, 0.29) is 11.8 Å². The van der Waals surface area contributed by atoms with Crippen molar-refractivity contribution in [1.29, 1.82) is 0 Å². The third kappa shape index (κ3) is 3.23. The third-order valence-electron chi connectivity index (χ3n) is 6.35. The molecule has 2 aliphatic rings. The summed E-state index contributed by atoms with van der Waals surface area (Å²) in [6.07, 6.45) is 0. The highest BCUT2D eigenvalue weighted by Gasteiger charge is 2.59. The molecule has 0 N–H and O–H groups in total. The number of hydrogen-bond donors (Lipinski definition) is 0. The fourth-order valence-electron chi connectivity index (χ4n) is 4.61. The van der Waals surface area contributed by atoms with E-state index < -0.39 is 4.87 Å². The van der Waals surface area contributed by atoms with Crippen LogP contribution in [0, 0.1) is 20.8 Å². The standard InChI is InChI=1S/C27H26N2O2S/c1-18-4-9-21(10-5-18)17-28-24-13-8-20(3)16-23(24)27(26(28)31)29(14-15-32-27)25(30)22-11-6-19(2)7-12-22/h4-13,16H,14-15,17H2,1-3H3/t27-/m0/s1. The molecule has 5 rings (SSSR count). The number of nitrogens with zero attached hydrogens (tertiary/aromatic N) is 2. The van der Waals surface area contributed by atoms with Gasteiger partial charge in [0.1, 0.15) is 0 Å². The molecule has 3 aromatic carbocycles. The number of thioether (sulfide) groups is 1. The minimum absolute atomic E-state index is 0.0263. The molecule has 0 bridgehead atoms. The van der Waals surface area contributed by atoms with Crippen LogP contribution in [0.1, 0.15) is 38.2 Å². The molecule has 1 spiro atoms. The molecular weight excluding hydrogens is 416 g/mol. The van der Waals surface area contributed by atoms with E-state index in [1.54, 1.807) is 16.7 Å². The summed E-state index contributed by atoms with van der Waals surface area (Å²) in [4.78, 5) is 30.3. The molecule has 4 nitrogen and oxygen atoms in total. The predicted octanol–water partition coefficient (Wildman–Crippen LogP) is 5.20. The number of carbonyl (C=O) groups is 2. The largest absolute Gasteiger partial charge is 0.311 e. The highest BCUT2D eigenvalue weighted by atomic mass is 32.2. The highest BCUT2D eigenvalue weighted by molar-refractivity contribution is 8.01. The fraction of sp³-hybridized carbons (Fsp3) is 0.259. The van der Waals surface area contributed by atoms with Gasteiger partial charge in [0, 0.05) is 23.4 Å². The summed E-state index contributed by atoms with van der Waals surface area (Å²) >= 11 is 1.58. The molecule has 1 fully saturated rings. The Hall–Kier alpha value is -3.05. The van der Waals surface area contributed by atoms with Crippen LogP contribution in [0.3, 0.4) is 0 Å². The summed E-state index contributed by atoms with van der Waals surface area (Å²) in [7, 11) is 0. The third-order valence-corrected chi connectivity index (χ3v) is 7.77. The van der Waals surface area contributed by atoms with E-state index in [4.69, 9.17) is 0 Å². The monoisotopic (exact) mass is 442 g/mol. The van der Waals surface area contributed by atoms with Gasteiger partial charge in [-0.3, -0.25) is 9.59 Å². The van der Waals surface area contributed by atoms with Crippen molar-refractivity contribution in [3.8, 4) is 0 Å².